The first-order valence-corrected chi connectivity index (χ1v) is 8.27. The number of carbonyl (C=O) groups is 1. The SMILES string of the molecule is COc1cc(-c2cnn(-c3ccc(C(=O)NCCCO)cn3)c2O)ccn1. The standard InChI is InChI=1S/C18H19N5O4/c1-27-16-9-12(5-7-19-16)14-11-22-23(18(14)26)15-4-3-13(10-21-15)17(25)20-6-2-8-24/h3-5,7,9-11,24,26H,2,6,8H2,1H3,(H,20,25). The number of carbonyl (C=O) groups excluding carboxylic acids is 1. The Morgan fingerprint density at radius 3 is 2.81 bits per heavy atom. The van der Waals surface area contributed by atoms with E-state index in [0.29, 0.717) is 41.4 Å². The quantitative estimate of drug-likeness (QED) is 0.534. The molecule has 0 saturated heterocycles. The van der Waals surface area contributed by atoms with E-state index in [2.05, 4.69) is 20.4 Å². The molecule has 140 valence electrons. The minimum Gasteiger partial charge on any atom is -0.493 e. The number of ether oxygens (including phenoxy) is 1. The van der Waals surface area contributed by atoms with Crippen molar-refractivity contribution >= 4 is 5.91 Å². The minimum atomic E-state index is -0.281. The van der Waals surface area contributed by atoms with E-state index in [1.54, 1.807) is 30.5 Å². The van der Waals surface area contributed by atoms with Crippen LogP contribution in [0.5, 0.6) is 11.8 Å². The second kappa shape index (κ2) is 8.28. The first-order valence-electron chi connectivity index (χ1n) is 8.27. The van der Waals surface area contributed by atoms with Crippen LogP contribution >= 0.6 is 0 Å². The predicted molar refractivity (Wildman–Crippen MR) is 96.8 cm³/mol. The number of hydrogen-bond donors (Lipinski definition) is 3. The highest BCUT2D eigenvalue weighted by Gasteiger charge is 2.15. The Bertz CT molecular complexity index is 924. The lowest BCUT2D eigenvalue weighted by Crippen LogP contribution is -2.25. The van der Waals surface area contributed by atoms with Crippen LogP contribution in [-0.4, -0.2) is 56.1 Å². The van der Waals surface area contributed by atoms with E-state index < -0.39 is 0 Å². The Labute approximate surface area is 155 Å². The number of rotatable bonds is 7. The van der Waals surface area contributed by atoms with Gasteiger partial charge in [0, 0.05) is 31.6 Å². The van der Waals surface area contributed by atoms with Crippen LogP contribution in [0.1, 0.15) is 16.8 Å². The topological polar surface area (TPSA) is 122 Å². The first kappa shape index (κ1) is 18.3. The number of aromatic hydroxyl groups is 1. The molecule has 0 unspecified atom stereocenters. The van der Waals surface area contributed by atoms with Crippen molar-refractivity contribution in [1.82, 2.24) is 25.1 Å². The zero-order valence-electron chi connectivity index (χ0n) is 14.7. The minimum absolute atomic E-state index is 0.0156. The maximum atomic E-state index is 12.0. The summed E-state index contributed by atoms with van der Waals surface area (Å²) in [6.07, 6.45) is 4.98. The molecule has 27 heavy (non-hydrogen) atoms. The molecule has 0 aromatic carbocycles. The van der Waals surface area contributed by atoms with Gasteiger partial charge < -0.3 is 20.3 Å². The van der Waals surface area contributed by atoms with E-state index in [1.807, 2.05) is 0 Å². The van der Waals surface area contributed by atoms with Crippen molar-refractivity contribution in [3.8, 4) is 28.7 Å². The summed E-state index contributed by atoms with van der Waals surface area (Å²) in [6.45, 7) is 0.400. The largest absolute Gasteiger partial charge is 0.493 e. The number of amides is 1. The average Bonchev–Trinajstić information content (AvgIpc) is 3.09. The highest BCUT2D eigenvalue weighted by molar-refractivity contribution is 5.93. The van der Waals surface area contributed by atoms with Crippen LogP contribution in [0.3, 0.4) is 0 Å². The van der Waals surface area contributed by atoms with Crippen LogP contribution in [-0.2, 0) is 0 Å². The van der Waals surface area contributed by atoms with E-state index in [4.69, 9.17) is 9.84 Å². The Morgan fingerprint density at radius 1 is 1.26 bits per heavy atom. The highest BCUT2D eigenvalue weighted by atomic mass is 16.5. The number of nitrogens with one attached hydrogen (secondary N) is 1. The molecule has 0 atom stereocenters. The van der Waals surface area contributed by atoms with Gasteiger partial charge >= 0.3 is 0 Å². The van der Waals surface area contributed by atoms with Crippen molar-refractivity contribution < 1.29 is 19.7 Å². The number of aliphatic hydroxyl groups excluding tert-OH is 1. The summed E-state index contributed by atoms with van der Waals surface area (Å²) < 4.78 is 6.37. The Morgan fingerprint density at radius 2 is 2.11 bits per heavy atom. The van der Waals surface area contributed by atoms with E-state index in [9.17, 15) is 9.90 Å². The number of aromatic nitrogens is 4. The molecule has 3 heterocycles. The van der Waals surface area contributed by atoms with Crippen molar-refractivity contribution in [3.05, 3.63) is 48.4 Å². The maximum absolute atomic E-state index is 12.0. The van der Waals surface area contributed by atoms with Crippen LogP contribution in [0.4, 0.5) is 0 Å². The van der Waals surface area contributed by atoms with Gasteiger partial charge in [-0.25, -0.2) is 9.97 Å². The van der Waals surface area contributed by atoms with Crippen molar-refractivity contribution in [3.63, 3.8) is 0 Å². The Balaban J connectivity index is 1.81. The van der Waals surface area contributed by atoms with Gasteiger partial charge in [-0.2, -0.15) is 9.78 Å². The zero-order valence-corrected chi connectivity index (χ0v) is 14.7. The fourth-order valence-electron chi connectivity index (χ4n) is 2.43. The van der Waals surface area contributed by atoms with Crippen LogP contribution in [0.15, 0.2) is 42.9 Å². The zero-order chi connectivity index (χ0) is 19.2. The average molecular weight is 369 g/mol. The van der Waals surface area contributed by atoms with Crippen molar-refractivity contribution in [2.24, 2.45) is 0 Å². The van der Waals surface area contributed by atoms with Crippen LogP contribution in [0.2, 0.25) is 0 Å². The summed E-state index contributed by atoms with van der Waals surface area (Å²) in [4.78, 5) is 20.2. The third kappa shape index (κ3) is 4.04. The molecule has 3 aromatic heterocycles. The molecule has 0 saturated carbocycles. The van der Waals surface area contributed by atoms with Crippen molar-refractivity contribution in [2.45, 2.75) is 6.42 Å². The Hall–Kier alpha value is -3.46. The van der Waals surface area contributed by atoms with Crippen LogP contribution < -0.4 is 10.1 Å². The fourth-order valence-corrected chi connectivity index (χ4v) is 2.43. The molecule has 3 N–H and O–H groups in total. The molecular formula is C18H19N5O4. The monoisotopic (exact) mass is 369 g/mol. The van der Waals surface area contributed by atoms with E-state index in [1.165, 1.54) is 24.2 Å². The molecule has 0 aliphatic heterocycles. The van der Waals surface area contributed by atoms with Gasteiger partial charge in [-0.3, -0.25) is 4.79 Å². The summed E-state index contributed by atoms with van der Waals surface area (Å²) in [6, 6.07) is 6.60. The van der Waals surface area contributed by atoms with Gasteiger partial charge in [0.1, 0.15) is 0 Å². The molecule has 9 nitrogen and oxygen atoms in total. The number of aliphatic hydroxyl groups is 1. The fraction of sp³-hybridized carbons (Fsp3) is 0.222. The molecule has 0 radical (unpaired) electrons. The predicted octanol–water partition coefficient (Wildman–Crippen LogP) is 1.16. The lowest BCUT2D eigenvalue weighted by atomic mass is 10.1. The molecular weight excluding hydrogens is 350 g/mol. The molecule has 0 bridgehead atoms. The smallest absolute Gasteiger partial charge is 0.252 e. The number of nitrogens with zero attached hydrogens (tertiary/aromatic N) is 4. The summed E-state index contributed by atoms with van der Waals surface area (Å²) in [5.74, 6) is 0.425. The lowest BCUT2D eigenvalue weighted by molar-refractivity contribution is 0.0951. The van der Waals surface area contributed by atoms with Gasteiger partial charge in [0.2, 0.25) is 11.8 Å². The molecule has 0 aliphatic carbocycles. The highest BCUT2D eigenvalue weighted by Crippen LogP contribution is 2.31. The molecule has 3 rings (SSSR count). The summed E-state index contributed by atoms with van der Waals surface area (Å²) in [5.41, 5.74) is 1.58. The molecule has 9 heteroatoms. The summed E-state index contributed by atoms with van der Waals surface area (Å²) in [7, 11) is 1.51. The van der Waals surface area contributed by atoms with Gasteiger partial charge in [-0.05, 0) is 30.2 Å². The number of methoxy groups -OCH3 is 1. The number of hydrogen-bond acceptors (Lipinski definition) is 7. The second-order valence-corrected chi connectivity index (χ2v) is 5.62. The lowest BCUT2D eigenvalue weighted by Gasteiger charge is -2.06. The van der Waals surface area contributed by atoms with Crippen LogP contribution in [0.25, 0.3) is 16.9 Å². The second-order valence-electron chi connectivity index (χ2n) is 5.62. The molecule has 0 fully saturated rings. The van der Waals surface area contributed by atoms with E-state index >= 15 is 0 Å². The summed E-state index contributed by atoms with van der Waals surface area (Å²) >= 11 is 0. The van der Waals surface area contributed by atoms with Gasteiger partial charge in [0.15, 0.2) is 5.82 Å². The van der Waals surface area contributed by atoms with Gasteiger partial charge in [-0.1, -0.05) is 0 Å². The van der Waals surface area contributed by atoms with E-state index in [0.717, 1.165) is 0 Å². The number of pyridine rings is 2. The molecule has 3 aromatic rings. The van der Waals surface area contributed by atoms with Crippen molar-refractivity contribution in [1.29, 1.82) is 0 Å². The first-order chi connectivity index (χ1) is 13.1. The van der Waals surface area contributed by atoms with Gasteiger partial charge in [0.05, 0.1) is 24.4 Å². The van der Waals surface area contributed by atoms with Crippen molar-refractivity contribution in [2.75, 3.05) is 20.3 Å². The summed E-state index contributed by atoms with van der Waals surface area (Å²) in [5, 5.41) is 26.1. The van der Waals surface area contributed by atoms with Gasteiger partial charge in [-0.15, -0.1) is 0 Å². The molecule has 0 aliphatic rings. The molecule has 0 spiro atoms. The normalized spacial score (nSPS) is 10.6. The Kier molecular flexibility index (Phi) is 5.62. The molecule has 1 amide bonds. The van der Waals surface area contributed by atoms with Crippen LogP contribution in [0, 0.1) is 0 Å². The van der Waals surface area contributed by atoms with E-state index in [-0.39, 0.29) is 18.4 Å². The third-order valence-corrected chi connectivity index (χ3v) is 3.85. The van der Waals surface area contributed by atoms with Gasteiger partial charge in [0.25, 0.3) is 5.91 Å². The third-order valence-electron chi connectivity index (χ3n) is 3.85. The maximum Gasteiger partial charge on any atom is 0.252 e.